The zero-order chi connectivity index (χ0) is 20.4. The summed E-state index contributed by atoms with van der Waals surface area (Å²) >= 11 is 0. The molecule has 3 aromatic carbocycles. The molecular formula is C26H16O4. The van der Waals surface area contributed by atoms with E-state index in [4.69, 9.17) is 9.47 Å². The van der Waals surface area contributed by atoms with Crippen molar-refractivity contribution >= 4 is 23.1 Å². The summed E-state index contributed by atoms with van der Waals surface area (Å²) in [5.41, 5.74) is 4.52. The number of para-hydroxylation sites is 1. The zero-order valence-electron chi connectivity index (χ0n) is 16.1. The second kappa shape index (κ2) is 6.04. The van der Waals surface area contributed by atoms with Crippen LogP contribution in [0.2, 0.25) is 0 Å². The summed E-state index contributed by atoms with van der Waals surface area (Å²) in [6.07, 6.45) is 0. The van der Waals surface area contributed by atoms with Crippen molar-refractivity contribution < 1.29 is 19.1 Å². The molecule has 144 valence electrons. The van der Waals surface area contributed by atoms with E-state index in [-0.39, 0.29) is 11.6 Å². The van der Waals surface area contributed by atoms with Crippen LogP contribution in [-0.4, -0.2) is 18.7 Å². The first-order valence-corrected chi connectivity index (χ1v) is 9.78. The number of fused-ring (bicyclic) bond motifs is 4. The first kappa shape index (κ1) is 17.0. The predicted octanol–water partition coefficient (Wildman–Crippen LogP) is 5.02. The zero-order valence-corrected chi connectivity index (χ0v) is 16.1. The van der Waals surface area contributed by atoms with Crippen LogP contribution >= 0.6 is 0 Å². The lowest BCUT2D eigenvalue weighted by molar-refractivity contribution is 0.102. The van der Waals surface area contributed by atoms with Crippen LogP contribution in [0.25, 0.3) is 11.5 Å². The van der Waals surface area contributed by atoms with Gasteiger partial charge in [0.1, 0.15) is 17.3 Å². The summed E-state index contributed by atoms with van der Waals surface area (Å²) in [7, 11) is 1.60. The molecule has 3 aromatic rings. The number of carbonyl (C=O) groups excluding carboxylic acids is 2. The molecule has 1 aliphatic heterocycles. The number of benzene rings is 3. The van der Waals surface area contributed by atoms with Crippen LogP contribution < -0.4 is 4.74 Å². The van der Waals surface area contributed by atoms with Gasteiger partial charge in [0.05, 0.1) is 24.2 Å². The minimum atomic E-state index is -0.556. The molecule has 4 nitrogen and oxygen atoms in total. The second-order valence-corrected chi connectivity index (χ2v) is 7.51. The van der Waals surface area contributed by atoms with E-state index in [1.165, 1.54) is 0 Å². The monoisotopic (exact) mass is 392 g/mol. The van der Waals surface area contributed by atoms with Crippen LogP contribution in [0.1, 0.15) is 43.3 Å². The molecule has 6 rings (SSSR count). The van der Waals surface area contributed by atoms with E-state index in [0.29, 0.717) is 39.5 Å². The van der Waals surface area contributed by atoms with Gasteiger partial charge in [0.15, 0.2) is 11.6 Å². The molecule has 0 saturated heterocycles. The van der Waals surface area contributed by atoms with Crippen LogP contribution in [-0.2, 0) is 4.74 Å². The molecule has 0 fully saturated rings. The van der Waals surface area contributed by atoms with Crippen molar-refractivity contribution in [2.75, 3.05) is 7.11 Å². The van der Waals surface area contributed by atoms with Crippen molar-refractivity contribution in [2.24, 2.45) is 0 Å². The van der Waals surface area contributed by atoms with Crippen LogP contribution in [0.15, 0.2) is 83.9 Å². The van der Waals surface area contributed by atoms with E-state index >= 15 is 0 Å². The van der Waals surface area contributed by atoms with Crippen LogP contribution in [0.5, 0.6) is 5.75 Å². The van der Waals surface area contributed by atoms with Crippen molar-refractivity contribution in [1.29, 1.82) is 0 Å². The Hall–Kier alpha value is -3.92. The highest BCUT2D eigenvalue weighted by Gasteiger charge is 2.48. The largest absolute Gasteiger partial charge is 0.496 e. The minimum absolute atomic E-state index is 0.105. The van der Waals surface area contributed by atoms with Gasteiger partial charge in [-0.3, -0.25) is 9.59 Å². The first-order valence-electron chi connectivity index (χ1n) is 9.78. The third kappa shape index (κ3) is 2.05. The Morgan fingerprint density at radius 3 is 1.67 bits per heavy atom. The van der Waals surface area contributed by atoms with E-state index in [2.05, 4.69) is 0 Å². The Morgan fingerprint density at radius 2 is 1.13 bits per heavy atom. The quantitative estimate of drug-likeness (QED) is 0.614. The van der Waals surface area contributed by atoms with Crippen LogP contribution in [0, 0.1) is 0 Å². The third-order valence-corrected chi connectivity index (χ3v) is 6.04. The molecule has 30 heavy (non-hydrogen) atoms. The predicted molar refractivity (Wildman–Crippen MR) is 112 cm³/mol. The molecule has 0 bridgehead atoms. The van der Waals surface area contributed by atoms with Gasteiger partial charge in [0.25, 0.3) is 0 Å². The van der Waals surface area contributed by atoms with E-state index < -0.39 is 5.92 Å². The Bertz CT molecular complexity index is 1260. The fourth-order valence-electron chi connectivity index (χ4n) is 4.75. The molecule has 0 amide bonds. The van der Waals surface area contributed by atoms with Gasteiger partial charge < -0.3 is 9.47 Å². The fourth-order valence-corrected chi connectivity index (χ4v) is 4.75. The van der Waals surface area contributed by atoms with Gasteiger partial charge in [-0.05, 0) is 6.07 Å². The number of Topliss-reactive ketones (excluding diaryl/α,β-unsaturated/α-hetero) is 2. The summed E-state index contributed by atoms with van der Waals surface area (Å²) in [6.45, 7) is 0. The van der Waals surface area contributed by atoms with Gasteiger partial charge in [-0.1, -0.05) is 66.7 Å². The van der Waals surface area contributed by atoms with Crippen molar-refractivity contribution in [3.05, 3.63) is 112 Å². The number of ether oxygens (including phenoxy) is 2. The van der Waals surface area contributed by atoms with Crippen molar-refractivity contribution in [2.45, 2.75) is 5.92 Å². The highest BCUT2D eigenvalue weighted by atomic mass is 16.5. The normalized spacial score (nSPS) is 16.8. The molecular weight excluding hydrogens is 376 g/mol. The Labute approximate surface area is 173 Å². The average molecular weight is 392 g/mol. The molecule has 2 aliphatic carbocycles. The fraction of sp³-hybridized carbons (Fsp3) is 0.0769. The summed E-state index contributed by atoms with van der Waals surface area (Å²) < 4.78 is 11.9. The van der Waals surface area contributed by atoms with Gasteiger partial charge in [-0.2, -0.15) is 0 Å². The van der Waals surface area contributed by atoms with E-state index in [1.807, 2.05) is 60.7 Å². The Balaban J connectivity index is 1.66. The second-order valence-electron chi connectivity index (χ2n) is 7.51. The van der Waals surface area contributed by atoms with Crippen LogP contribution in [0.3, 0.4) is 0 Å². The number of methoxy groups -OCH3 is 1. The summed E-state index contributed by atoms with van der Waals surface area (Å²) in [5, 5.41) is 0. The maximum absolute atomic E-state index is 13.5. The minimum Gasteiger partial charge on any atom is -0.496 e. The molecule has 0 aromatic heterocycles. The molecule has 0 saturated carbocycles. The molecule has 0 unspecified atom stereocenters. The molecule has 1 heterocycles. The topological polar surface area (TPSA) is 52.6 Å². The number of carbonyl (C=O) groups is 2. The molecule has 0 spiro atoms. The SMILES string of the molecule is COc1ccccc1C1C2=C(OC3=C1C(=O)c1ccccc13)c1ccccc1C2=O. The average Bonchev–Trinajstić information content (AvgIpc) is 3.25. The van der Waals surface area contributed by atoms with Crippen molar-refractivity contribution in [3.63, 3.8) is 0 Å². The first-order chi connectivity index (χ1) is 14.7. The molecule has 4 heteroatoms. The Morgan fingerprint density at radius 1 is 0.667 bits per heavy atom. The lowest BCUT2D eigenvalue weighted by Crippen LogP contribution is -2.20. The number of rotatable bonds is 2. The summed E-state index contributed by atoms with van der Waals surface area (Å²) in [6, 6.07) is 22.4. The van der Waals surface area contributed by atoms with Gasteiger partial charge in [0.2, 0.25) is 0 Å². The maximum Gasteiger partial charge on any atom is 0.194 e. The lowest BCUT2D eigenvalue weighted by Gasteiger charge is -2.27. The van der Waals surface area contributed by atoms with Crippen molar-refractivity contribution in [3.8, 4) is 5.75 Å². The Kier molecular flexibility index (Phi) is 3.42. The number of hydrogen-bond donors (Lipinski definition) is 0. The van der Waals surface area contributed by atoms with Gasteiger partial charge >= 0.3 is 0 Å². The molecule has 0 radical (unpaired) electrons. The van der Waals surface area contributed by atoms with Gasteiger partial charge in [0, 0.05) is 27.8 Å². The molecule has 3 aliphatic rings. The third-order valence-electron chi connectivity index (χ3n) is 6.04. The van der Waals surface area contributed by atoms with Crippen LogP contribution in [0.4, 0.5) is 0 Å². The summed E-state index contributed by atoms with van der Waals surface area (Å²) in [5.74, 6) is 0.943. The number of hydrogen-bond acceptors (Lipinski definition) is 4. The highest BCUT2D eigenvalue weighted by Crippen LogP contribution is 2.55. The number of allylic oxidation sites excluding steroid dienone is 2. The smallest absolute Gasteiger partial charge is 0.194 e. The van der Waals surface area contributed by atoms with E-state index in [9.17, 15) is 9.59 Å². The van der Waals surface area contributed by atoms with E-state index in [1.54, 1.807) is 19.2 Å². The summed E-state index contributed by atoms with van der Waals surface area (Å²) in [4.78, 5) is 26.9. The maximum atomic E-state index is 13.5. The van der Waals surface area contributed by atoms with E-state index in [0.717, 1.165) is 16.7 Å². The lowest BCUT2D eigenvalue weighted by atomic mass is 9.80. The van der Waals surface area contributed by atoms with Gasteiger partial charge in [-0.25, -0.2) is 0 Å². The number of ketones is 2. The highest BCUT2D eigenvalue weighted by molar-refractivity contribution is 6.28. The standard InChI is InChI=1S/C26H16O4/c1-29-19-13-7-6-12-18(19)20-21-23(27)14-8-2-4-10-16(14)25(21)30-26-17-11-5-3-9-15(17)24(28)22(20)26/h2-13,20H,1H3. The van der Waals surface area contributed by atoms with Crippen molar-refractivity contribution in [1.82, 2.24) is 0 Å². The molecule has 0 atom stereocenters. The van der Waals surface area contributed by atoms with Gasteiger partial charge in [-0.15, -0.1) is 0 Å². The molecule has 0 N–H and O–H groups in total.